The molecule has 0 saturated carbocycles. The zero-order valence-corrected chi connectivity index (χ0v) is 49.2. The van der Waals surface area contributed by atoms with Crippen LogP contribution in [0.3, 0.4) is 0 Å². The lowest BCUT2D eigenvalue weighted by atomic mass is 9.85. The minimum Gasteiger partial charge on any atom is -0.508 e. The number of rotatable bonds is 27. The molecule has 83 heavy (non-hydrogen) atoms. The fourth-order valence-electron chi connectivity index (χ4n) is 9.45. The molecule has 3 aromatic heterocycles. The van der Waals surface area contributed by atoms with Gasteiger partial charge in [0.2, 0.25) is 29.2 Å². The maximum Gasteiger partial charge on any atom is 0.510 e. The van der Waals surface area contributed by atoms with E-state index in [1.165, 1.54) is 0 Å². The molecule has 0 bridgehead atoms. The Morgan fingerprint density at radius 3 is 2.18 bits per heavy atom. The van der Waals surface area contributed by atoms with Crippen molar-refractivity contribution in [3.05, 3.63) is 105 Å². The number of unbranched alkanes of at least 4 members (excludes halogenated alkanes) is 1. The number of nitrogens with one attached hydrogen (secondary N) is 4. The molecule has 7 rings (SSSR count). The standard InChI is InChI=1S/C61H74N8O13S/c1-9-42(10-2)83-57-63-26-39(27-64-57)16-14-13-15-17-50(71)65-34-59(5,6)36-79-37-60(7,8)35-66-53(74)33-78-32-52(73)62-28-51(72)67-40-20-18-38(19-21-40)30-81-58(77)82-61(12-4)47-25-49-54-45(29-69(49)55(75)46(47)31-80-56(61)76)43(11-3)44-24-41(70)22-23-48(44)68-54/h18-27,42,70H,9-13,15,17,28-37H2,1-8H3,(H,62,73)(H,65,71)(H,66,74)(H,67,72)/t61-/m0/s1. The number of amides is 4. The first-order chi connectivity index (χ1) is 39.7. The number of aryl methyl sites for hydroxylation is 1. The van der Waals surface area contributed by atoms with Crippen LogP contribution in [0.2, 0.25) is 0 Å². The van der Waals surface area contributed by atoms with Crippen molar-refractivity contribution < 1.29 is 57.6 Å². The second-order valence-corrected chi connectivity index (χ2v) is 23.3. The van der Waals surface area contributed by atoms with Crippen molar-refractivity contribution >= 4 is 64.1 Å². The second-order valence-electron chi connectivity index (χ2n) is 22.0. The number of anilines is 1. The highest BCUT2D eigenvalue weighted by Gasteiger charge is 2.51. The number of aromatic hydroxyl groups is 1. The molecule has 1 atom stereocenters. The fourth-order valence-corrected chi connectivity index (χ4v) is 10.3. The van der Waals surface area contributed by atoms with Crippen LogP contribution in [0.1, 0.15) is 127 Å². The third kappa shape index (κ3) is 16.7. The van der Waals surface area contributed by atoms with Crippen LogP contribution in [0, 0.1) is 22.7 Å². The Balaban J connectivity index is 0.759. The first-order valence-corrected chi connectivity index (χ1v) is 28.8. The van der Waals surface area contributed by atoms with Crippen molar-refractivity contribution in [3.8, 4) is 29.0 Å². The zero-order valence-electron chi connectivity index (χ0n) is 48.4. The molecule has 0 fully saturated rings. The number of benzene rings is 2. The summed E-state index contributed by atoms with van der Waals surface area (Å²) in [5.74, 6) is 3.78. The average molecular weight is 1160 g/mol. The summed E-state index contributed by atoms with van der Waals surface area (Å²) < 4.78 is 29.5. The van der Waals surface area contributed by atoms with E-state index in [2.05, 4.69) is 56.9 Å². The third-order valence-electron chi connectivity index (χ3n) is 14.1. The van der Waals surface area contributed by atoms with E-state index in [1.54, 1.807) is 84.2 Å². The normalized spacial score (nSPS) is 14.3. The van der Waals surface area contributed by atoms with Crippen LogP contribution in [0.25, 0.3) is 22.3 Å². The van der Waals surface area contributed by atoms with Gasteiger partial charge < -0.3 is 54.6 Å². The van der Waals surface area contributed by atoms with Gasteiger partial charge in [-0.3, -0.25) is 24.0 Å². The number of phenols is 1. The summed E-state index contributed by atoms with van der Waals surface area (Å²) >= 11 is 1.68. The molecule has 5 heterocycles. The number of carbonyl (C=O) groups is 6. The lowest BCUT2D eigenvalue weighted by Gasteiger charge is -2.35. The molecule has 442 valence electrons. The van der Waals surface area contributed by atoms with E-state index in [-0.39, 0.29) is 74.1 Å². The number of thioether (sulfide) groups is 1. The molecular weight excluding hydrogens is 1080 g/mol. The third-order valence-corrected chi connectivity index (χ3v) is 15.6. The highest BCUT2D eigenvalue weighted by Crippen LogP contribution is 2.43. The largest absolute Gasteiger partial charge is 0.510 e. The number of ether oxygens (including phenoxy) is 5. The number of fused-ring (bicyclic) bond motifs is 5. The Labute approximate surface area is 487 Å². The van der Waals surface area contributed by atoms with Crippen molar-refractivity contribution in [1.29, 1.82) is 0 Å². The van der Waals surface area contributed by atoms with Crippen molar-refractivity contribution in [2.45, 2.75) is 136 Å². The Bertz CT molecular complexity index is 3310. The lowest BCUT2D eigenvalue weighted by Crippen LogP contribution is -2.47. The van der Waals surface area contributed by atoms with Gasteiger partial charge in [-0.25, -0.2) is 24.5 Å². The number of hydrogen-bond acceptors (Lipinski definition) is 17. The van der Waals surface area contributed by atoms with E-state index in [9.17, 15) is 38.7 Å². The van der Waals surface area contributed by atoms with Gasteiger partial charge in [-0.2, -0.15) is 0 Å². The van der Waals surface area contributed by atoms with E-state index in [1.807, 2.05) is 34.6 Å². The number of carbonyl (C=O) groups excluding carboxylic acids is 6. The molecular formula is C61H74N8O13S. The van der Waals surface area contributed by atoms with Crippen molar-refractivity contribution in [1.82, 2.24) is 35.5 Å². The molecule has 0 unspecified atom stereocenters. The van der Waals surface area contributed by atoms with Gasteiger partial charge in [0.15, 0.2) is 5.16 Å². The number of hydrogen-bond donors (Lipinski definition) is 5. The second kappa shape index (κ2) is 28.4. The monoisotopic (exact) mass is 1160 g/mol. The number of cyclic esters (lactones) is 1. The molecule has 5 N–H and O–H groups in total. The van der Waals surface area contributed by atoms with Gasteiger partial charge in [0.05, 0.1) is 54.3 Å². The number of nitrogens with zero attached hydrogens (tertiary/aromatic N) is 4. The van der Waals surface area contributed by atoms with Gasteiger partial charge in [0.1, 0.15) is 32.2 Å². The smallest absolute Gasteiger partial charge is 0.508 e. The minimum atomic E-state index is -1.99. The summed E-state index contributed by atoms with van der Waals surface area (Å²) in [7, 11) is 0. The van der Waals surface area contributed by atoms with Crippen LogP contribution in [-0.2, 0) is 79.4 Å². The molecule has 0 radical (unpaired) electrons. The van der Waals surface area contributed by atoms with Gasteiger partial charge in [0, 0.05) is 76.6 Å². The van der Waals surface area contributed by atoms with E-state index in [0.29, 0.717) is 78.8 Å². The van der Waals surface area contributed by atoms with Gasteiger partial charge in [-0.1, -0.05) is 91.1 Å². The van der Waals surface area contributed by atoms with Crippen LogP contribution >= 0.6 is 11.8 Å². The molecule has 2 aliphatic heterocycles. The first-order valence-electron chi connectivity index (χ1n) is 27.9. The van der Waals surface area contributed by atoms with Crippen LogP contribution in [0.4, 0.5) is 10.5 Å². The molecule has 21 nitrogen and oxygen atoms in total. The Morgan fingerprint density at radius 2 is 1.52 bits per heavy atom. The van der Waals surface area contributed by atoms with Crippen LogP contribution in [0.5, 0.6) is 5.75 Å². The van der Waals surface area contributed by atoms with E-state index in [0.717, 1.165) is 40.1 Å². The summed E-state index contributed by atoms with van der Waals surface area (Å²) in [5.41, 5.74) is 2.24. The topological polar surface area (TPSA) is 278 Å². The minimum absolute atomic E-state index is 0.0558. The van der Waals surface area contributed by atoms with Gasteiger partial charge in [-0.05, 0) is 79.6 Å². The van der Waals surface area contributed by atoms with Crippen molar-refractivity contribution in [2.75, 3.05) is 51.4 Å². The molecule has 4 amide bonds. The number of aromatic nitrogens is 4. The molecule has 5 aromatic rings. The van der Waals surface area contributed by atoms with E-state index >= 15 is 0 Å². The Hall–Kier alpha value is -7.87. The zero-order chi connectivity index (χ0) is 59.9. The van der Waals surface area contributed by atoms with Gasteiger partial charge in [0.25, 0.3) is 5.56 Å². The van der Waals surface area contributed by atoms with Crippen molar-refractivity contribution in [2.24, 2.45) is 10.8 Å². The summed E-state index contributed by atoms with van der Waals surface area (Å²) in [6, 6.07) is 12.9. The van der Waals surface area contributed by atoms with E-state index < -0.39 is 53.0 Å². The fraction of sp³-hybridized carbons (Fsp3) is 0.475. The van der Waals surface area contributed by atoms with Crippen LogP contribution in [-0.4, -0.2) is 112 Å². The van der Waals surface area contributed by atoms with E-state index in [4.69, 9.17) is 28.7 Å². The number of esters is 1. The molecule has 22 heteroatoms. The van der Waals surface area contributed by atoms with Crippen LogP contribution < -0.4 is 26.8 Å². The Kier molecular flexibility index (Phi) is 21.5. The van der Waals surface area contributed by atoms with Crippen molar-refractivity contribution in [3.63, 3.8) is 0 Å². The summed E-state index contributed by atoms with van der Waals surface area (Å²) in [4.78, 5) is 105. The molecule has 0 saturated heterocycles. The average Bonchev–Trinajstić information content (AvgIpc) is 4.00. The highest BCUT2D eigenvalue weighted by molar-refractivity contribution is 7.99. The predicted octanol–water partition coefficient (Wildman–Crippen LogP) is 7.37. The SMILES string of the molecule is CCc1c2c(nc3ccc(O)cc13)-c1cc3c(c(=O)n1C2)COC(=O)[C@@]3(CC)OC(=O)OCc1ccc(NC(=O)CNC(=O)COCC(=O)NCC(C)(C)COCC(C)(C)CNC(=O)CCCC#Cc2cnc(SC(CC)CC)nc2)cc1. The first kappa shape index (κ1) is 62.7. The maximum absolute atomic E-state index is 14.1. The molecule has 0 aliphatic carbocycles. The summed E-state index contributed by atoms with van der Waals surface area (Å²) in [6.45, 7) is 15.6. The lowest BCUT2D eigenvalue weighted by molar-refractivity contribution is -0.175. The summed E-state index contributed by atoms with van der Waals surface area (Å²) in [6.07, 6.45) is 6.52. The molecule has 0 spiro atoms. The quantitative estimate of drug-likeness (QED) is 0.0111. The van der Waals surface area contributed by atoms with Gasteiger partial charge in [-0.15, -0.1) is 0 Å². The summed E-state index contributed by atoms with van der Waals surface area (Å²) in [5, 5.41) is 23.1. The highest BCUT2D eigenvalue weighted by atomic mass is 32.2. The molecule has 2 aliphatic rings. The number of phenolic OH excluding ortho intramolecular Hbond substituents is 1. The van der Waals surface area contributed by atoms with Gasteiger partial charge >= 0.3 is 12.1 Å². The van der Waals surface area contributed by atoms with Crippen LogP contribution in [0.15, 0.2) is 70.9 Å². The number of pyridine rings is 2. The maximum atomic E-state index is 14.1. The Morgan fingerprint density at radius 1 is 0.843 bits per heavy atom. The predicted molar refractivity (Wildman–Crippen MR) is 311 cm³/mol. The molecule has 2 aromatic carbocycles.